The molecule has 0 aromatic heterocycles. The number of aliphatic carboxylic acids is 2. The van der Waals surface area contributed by atoms with Gasteiger partial charge in [0, 0.05) is 5.57 Å². The lowest BCUT2D eigenvalue weighted by Crippen LogP contribution is -2.36. The molecule has 1 fully saturated rings. The number of aliphatic hydroxyl groups excluding tert-OH is 1. The van der Waals surface area contributed by atoms with Gasteiger partial charge >= 0.3 is 23.9 Å². The summed E-state index contributed by atoms with van der Waals surface area (Å²) in [4.78, 5) is 46.1. The summed E-state index contributed by atoms with van der Waals surface area (Å²) >= 11 is 0. The SMILES string of the molecule is C=C(C(=O)OCC(O)COC(=O)C1CC(C(=O)O)CC(C(=O)O)C1)C(C)C. The zero-order valence-corrected chi connectivity index (χ0v) is 15.4. The van der Waals surface area contributed by atoms with Crippen LogP contribution < -0.4 is 0 Å². The Labute approximate surface area is 157 Å². The molecule has 0 aromatic carbocycles. The zero-order valence-electron chi connectivity index (χ0n) is 15.4. The van der Waals surface area contributed by atoms with Crippen LogP contribution in [0.2, 0.25) is 0 Å². The molecule has 9 heteroatoms. The number of carboxylic acid groups (broad SMARTS) is 2. The summed E-state index contributed by atoms with van der Waals surface area (Å²) in [6, 6.07) is 0. The van der Waals surface area contributed by atoms with Gasteiger partial charge in [0.2, 0.25) is 0 Å². The van der Waals surface area contributed by atoms with Crippen LogP contribution in [0.3, 0.4) is 0 Å². The minimum absolute atomic E-state index is 0.0166. The lowest BCUT2D eigenvalue weighted by Gasteiger charge is -2.29. The van der Waals surface area contributed by atoms with Crippen molar-refractivity contribution in [3.8, 4) is 0 Å². The first-order chi connectivity index (χ1) is 12.5. The molecule has 152 valence electrons. The Morgan fingerprint density at radius 1 is 0.926 bits per heavy atom. The van der Waals surface area contributed by atoms with Crippen molar-refractivity contribution in [2.45, 2.75) is 39.2 Å². The van der Waals surface area contributed by atoms with Gasteiger partial charge in [0.25, 0.3) is 0 Å². The normalized spacial score (nSPS) is 23.3. The quantitative estimate of drug-likeness (QED) is 0.387. The molecule has 27 heavy (non-hydrogen) atoms. The van der Waals surface area contributed by atoms with Crippen LogP contribution in [0.15, 0.2) is 12.2 Å². The molecule has 0 saturated heterocycles. The van der Waals surface area contributed by atoms with E-state index in [-0.39, 0.29) is 30.8 Å². The molecule has 9 nitrogen and oxygen atoms in total. The molecule has 0 aliphatic heterocycles. The number of carbonyl (C=O) groups is 4. The van der Waals surface area contributed by atoms with Gasteiger partial charge in [0.15, 0.2) is 0 Å². The number of carbonyl (C=O) groups excluding carboxylic acids is 2. The topological polar surface area (TPSA) is 147 Å². The average Bonchev–Trinajstić information content (AvgIpc) is 2.62. The van der Waals surface area contributed by atoms with Gasteiger partial charge in [-0.2, -0.15) is 0 Å². The Morgan fingerprint density at radius 2 is 1.37 bits per heavy atom. The van der Waals surface area contributed by atoms with E-state index in [2.05, 4.69) is 6.58 Å². The van der Waals surface area contributed by atoms with Crippen LogP contribution in [0.5, 0.6) is 0 Å². The number of hydrogen-bond donors (Lipinski definition) is 3. The van der Waals surface area contributed by atoms with E-state index >= 15 is 0 Å². The van der Waals surface area contributed by atoms with Crippen molar-refractivity contribution < 1.29 is 44.0 Å². The van der Waals surface area contributed by atoms with Gasteiger partial charge in [-0.3, -0.25) is 14.4 Å². The van der Waals surface area contributed by atoms with Crippen molar-refractivity contribution in [1.29, 1.82) is 0 Å². The molecular formula is C18H26O9. The predicted octanol–water partition coefficient (Wildman–Crippen LogP) is 0.848. The standard InChI is InChI=1S/C18H26O9/c1-9(2)10(3)17(24)26-7-14(19)8-27-18(25)13-5-11(15(20)21)4-12(6-13)16(22)23/h9,11-14,19H,3-8H2,1-2H3,(H,20,21)(H,22,23). The lowest BCUT2D eigenvalue weighted by atomic mass is 9.75. The van der Waals surface area contributed by atoms with Crippen molar-refractivity contribution in [2.24, 2.45) is 23.7 Å². The highest BCUT2D eigenvalue weighted by atomic mass is 16.6. The van der Waals surface area contributed by atoms with Crippen LogP contribution in [0.25, 0.3) is 0 Å². The van der Waals surface area contributed by atoms with Crippen LogP contribution in [0, 0.1) is 23.7 Å². The second-order valence-electron chi connectivity index (χ2n) is 7.04. The minimum Gasteiger partial charge on any atom is -0.481 e. The van der Waals surface area contributed by atoms with E-state index in [1.54, 1.807) is 13.8 Å². The maximum absolute atomic E-state index is 12.1. The van der Waals surface area contributed by atoms with Gasteiger partial charge in [0.1, 0.15) is 19.3 Å². The molecule has 3 N–H and O–H groups in total. The van der Waals surface area contributed by atoms with Gasteiger partial charge in [-0.25, -0.2) is 4.79 Å². The third-order valence-corrected chi connectivity index (χ3v) is 4.52. The van der Waals surface area contributed by atoms with E-state index < -0.39 is 60.9 Å². The highest BCUT2D eigenvalue weighted by Gasteiger charge is 2.39. The third-order valence-electron chi connectivity index (χ3n) is 4.52. The number of esters is 2. The van der Waals surface area contributed by atoms with E-state index in [0.29, 0.717) is 0 Å². The number of ether oxygens (including phenoxy) is 2. The van der Waals surface area contributed by atoms with Crippen molar-refractivity contribution >= 4 is 23.9 Å². The first-order valence-corrected chi connectivity index (χ1v) is 8.69. The summed E-state index contributed by atoms with van der Waals surface area (Å²) < 4.78 is 9.82. The van der Waals surface area contributed by atoms with E-state index in [1.165, 1.54) is 0 Å². The number of hydrogen-bond acceptors (Lipinski definition) is 7. The van der Waals surface area contributed by atoms with E-state index in [9.17, 15) is 24.3 Å². The Bertz CT molecular complexity index is 574. The summed E-state index contributed by atoms with van der Waals surface area (Å²) in [5, 5.41) is 28.0. The monoisotopic (exact) mass is 386 g/mol. The second kappa shape index (κ2) is 10.1. The smallest absolute Gasteiger partial charge is 0.333 e. The summed E-state index contributed by atoms with van der Waals surface area (Å²) in [7, 11) is 0. The summed E-state index contributed by atoms with van der Waals surface area (Å²) in [6.07, 6.45) is -1.33. The van der Waals surface area contributed by atoms with Gasteiger partial charge in [-0.05, 0) is 25.2 Å². The molecule has 0 bridgehead atoms. The first kappa shape index (κ1) is 22.6. The van der Waals surface area contributed by atoms with Crippen LogP contribution in [0.4, 0.5) is 0 Å². The van der Waals surface area contributed by atoms with Crippen molar-refractivity contribution in [3.63, 3.8) is 0 Å². The predicted molar refractivity (Wildman–Crippen MR) is 91.5 cm³/mol. The van der Waals surface area contributed by atoms with Crippen LogP contribution in [0.1, 0.15) is 33.1 Å². The number of carboxylic acids is 2. The molecule has 3 unspecified atom stereocenters. The molecule has 0 amide bonds. The number of aliphatic hydroxyl groups is 1. The maximum atomic E-state index is 12.1. The number of rotatable bonds is 9. The maximum Gasteiger partial charge on any atom is 0.333 e. The Kier molecular flexibility index (Phi) is 8.42. The zero-order chi connectivity index (χ0) is 20.7. The molecule has 0 spiro atoms. The molecule has 0 aromatic rings. The van der Waals surface area contributed by atoms with Crippen molar-refractivity contribution in [1.82, 2.24) is 0 Å². The van der Waals surface area contributed by atoms with E-state index in [4.69, 9.17) is 19.7 Å². The van der Waals surface area contributed by atoms with Crippen molar-refractivity contribution in [2.75, 3.05) is 13.2 Å². The largest absolute Gasteiger partial charge is 0.481 e. The van der Waals surface area contributed by atoms with Crippen LogP contribution in [-0.2, 0) is 28.7 Å². The highest BCUT2D eigenvalue weighted by Crippen LogP contribution is 2.34. The fourth-order valence-electron chi connectivity index (χ4n) is 2.76. The summed E-state index contributed by atoms with van der Waals surface area (Å²) in [5.74, 6) is -6.61. The van der Waals surface area contributed by atoms with Crippen LogP contribution >= 0.6 is 0 Å². The molecule has 0 radical (unpaired) electrons. The van der Waals surface area contributed by atoms with Gasteiger partial charge in [0.05, 0.1) is 17.8 Å². The van der Waals surface area contributed by atoms with Gasteiger partial charge < -0.3 is 24.8 Å². The van der Waals surface area contributed by atoms with Gasteiger partial charge in [-0.15, -0.1) is 0 Å². The lowest BCUT2D eigenvalue weighted by molar-refractivity contribution is -0.159. The summed E-state index contributed by atoms with van der Waals surface area (Å²) in [6.45, 7) is 6.26. The van der Waals surface area contributed by atoms with Gasteiger partial charge in [-0.1, -0.05) is 20.4 Å². The molecule has 1 rings (SSSR count). The third kappa shape index (κ3) is 7.01. The fourth-order valence-corrected chi connectivity index (χ4v) is 2.76. The Balaban J connectivity index is 2.50. The molecule has 3 atom stereocenters. The Morgan fingerprint density at radius 3 is 1.81 bits per heavy atom. The first-order valence-electron chi connectivity index (χ1n) is 8.69. The van der Waals surface area contributed by atoms with Crippen molar-refractivity contribution in [3.05, 3.63) is 12.2 Å². The highest BCUT2D eigenvalue weighted by molar-refractivity contribution is 5.88. The molecular weight excluding hydrogens is 360 g/mol. The molecule has 0 heterocycles. The molecule has 1 aliphatic carbocycles. The fraction of sp³-hybridized carbons (Fsp3) is 0.667. The molecule has 1 aliphatic rings. The minimum atomic E-state index is -1.26. The van der Waals surface area contributed by atoms with Crippen LogP contribution in [-0.4, -0.2) is 58.5 Å². The average molecular weight is 386 g/mol. The summed E-state index contributed by atoms with van der Waals surface area (Å²) in [5.41, 5.74) is 0.251. The molecule has 1 saturated carbocycles. The van der Waals surface area contributed by atoms with E-state index in [0.717, 1.165) is 0 Å². The van der Waals surface area contributed by atoms with E-state index in [1.807, 2.05) is 0 Å². The Hall–Kier alpha value is -2.42. The second-order valence-corrected chi connectivity index (χ2v) is 7.04.